The predicted octanol–water partition coefficient (Wildman–Crippen LogP) is 1.78. The minimum absolute atomic E-state index is 0.0347. The molecule has 0 atom stereocenters. The van der Waals surface area contributed by atoms with Gasteiger partial charge in [-0.05, 0) is 25.0 Å². The Labute approximate surface area is 148 Å². The Balaban J connectivity index is 2.03. The molecule has 0 N–H and O–H groups in total. The summed E-state index contributed by atoms with van der Waals surface area (Å²) in [7, 11) is 0. The standard InChI is InChI=1S/C18H14FN5O2/c19-13-8-15-16(9-14(13)22-6-1-2-7-22)23(25)17(10-20)18(24(15)26)12-4-3-5-21-11-12/h3-5,8-9,11H,1-2,6-7H2. The second-order valence-corrected chi connectivity index (χ2v) is 6.13. The summed E-state index contributed by atoms with van der Waals surface area (Å²) in [6.45, 7) is 1.38. The van der Waals surface area contributed by atoms with Crippen LogP contribution in [0.5, 0.6) is 0 Å². The van der Waals surface area contributed by atoms with Gasteiger partial charge < -0.3 is 15.3 Å². The molecule has 0 bridgehead atoms. The van der Waals surface area contributed by atoms with Crippen LogP contribution in [0.4, 0.5) is 10.1 Å². The minimum atomic E-state index is -0.564. The number of aromatic nitrogens is 3. The molecule has 1 saturated heterocycles. The fourth-order valence-corrected chi connectivity index (χ4v) is 3.35. The van der Waals surface area contributed by atoms with Crippen molar-refractivity contribution in [3.63, 3.8) is 0 Å². The van der Waals surface area contributed by atoms with Gasteiger partial charge in [-0.25, -0.2) is 4.39 Å². The Morgan fingerprint density at radius 1 is 1.15 bits per heavy atom. The molecule has 0 unspecified atom stereocenters. The van der Waals surface area contributed by atoms with Gasteiger partial charge in [0.15, 0.2) is 11.9 Å². The molecular formula is C18H14FN5O2. The molecule has 0 spiro atoms. The first-order valence-electron chi connectivity index (χ1n) is 8.19. The van der Waals surface area contributed by atoms with Gasteiger partial charge in [0.1, 0.15) is 0 Å². The molecule has 3 heterocycles. The van der Waals surface area contributed by atoms with E-state index in [9.17, 15) is 20.1 Å². The highest BCUT2D eigenvalue weighted by molar-refractivity contribution is 5.76. The molecule has 0 aliphatic carbocycles. The number of anilines is 1. The quantitative estimate of drug-likeness (QED) is 0.518. The van der Waals surface area contributed by atoms with Gasteiger partial charge in [0.2, 0.25) is 0 Å². The molecule has 0 saturated carbocycles. The molecule has 3 aromatic rings. The van der Waals surface area contributed by atoms with Crippen molar-refractivity contribution >= 4 is 16.7 Å². The molecule has 1 aliphatic rings. The Hall–Kier alpha value is -3.47. The van der Waals surface area contributed by atoms with Crippen LogP contribution in [0.2, 0.25) is 0 Å². The van der Waals surface area contributed by atoms with E-state index in [1.807, 2.05) is 4.90 Å². The minimum Gasteiger partial charge on any atom is -0.617 e. The zero-order valence-electron chi connectivity index (χ0n) is 13.7. The third kappa shape index (κ3) is 2.37. The van der Waals surface area contributed by atoms with E-state index in [2.05, 4.69) is 4.98 Å². The van der Waals surface area contributed by atoms with Crippen molar-refractivity contribution < 1.29 is 13.9 Å². The number of fused-ring (bicyclic) bond motifs is 1. The monoisotopic (exact) mass is 351 g/mol. The maximum absolute atomic E-state index is 14.6. The number of hydrogen-bond acceptors (Lipinski definition) is 5. The van der Waals surface area contributed by atoms with E-state index < -0.39 is 5.82 Å². The fourth-order valence-electron chi connectivity index (χ4n) is 3.35. The normalized spacial score (nSPS) is 13.9. The fraction of sp³-hybridized carbons (Fsp3) is 0.222. The summed E-state index contributed by atoms with van der Waals surface area (Å²) >= 11 is 0. The molecule has 1 fully saturated rings. The van der Waals surface area contributed by atoms with E-state index in [0.29, 0.717) is 28.1 Å². The molecule has 0 radical (unpaired) electrons. The maximum Gasteiger partial charge on any atom is 0.369 e. The van der Waals surface area contributed by atoms with Crippen LogP contribution in [0.3, 0.4) is 0 Å². The van der Waals surface area contributed by atoms with E-state index in [1.54, 1.807) is 18.2 Å². The van der Waals surface area contributed by atoms with Gasteiger partial charge in [-0.3, -0.25) is 4.98 Å². The summed E-state index contributed by atoms with van der Waals surface area (Å²) < 4.78 is 15.4. The third-order valence-electron chi connectivity index (χ3n) is 4.60. The molecule has 1 aliphatic heterocycles. The molecule has 0 amide bonds. The maximum atomic E-state index is 14.6. The lowest BCUT2D eigenvalue weighted by Gasteiger charge is -2.18. The molecule has 8 heteroatoms. The molecule has 1 aromatic carbocycles. The van der Waals surface area contributed by atoms with Crippen LogP contribution in [0.1, 0.15) is 18.5 Å². The predicted molar refractivity (Wildman–Crippen MR) is 91.2 cm³/mol. The van der Waals surface area contributed by atoms with Gasteiger partial charge in [0, 0.05) is 31.5 Å². The molecule has 26 heavy (non-hydrogen) atoms. The Kier molecular flexibility index (Phi) is 3.77. The number of nitriles is 1. The average molecular weight is 351 g/mol. The number of hydrogen-bond donors (Lipinski definition) is 0. The van der Waals surface area contributed by atoms with E-state index in [4.69, 9.17) is 0 Å². The summed E-state index contributed by atoms with van der Waals surface area (Å²) in [5.74, 6) is -0.564. The topological polar surface area (TPSA) is 93.8 Å². The second kappa shape index (κ2) is 6.11. The first-order valence-corrected chi connectivity index (χ1v) is 8.19. The van der Waals surface area contributed by atoms with Crippen LogP contribution < -0.4 is 14.4 Å². The number of pyridine rings is 1. The highest BCUT2D eigenvalue weighted by Gasteiger charge is 2.32. The number of benzene rings is 1. The molecule has 2 aromatic heterocycles. The average Bonchev–Trinajstić information content (AvgIpc) is 3.19. The van der Waals surface area contributed by atoms with Crippen LogP contribution in [-0.2, 0) is 0 Å². The Morgan fingerprint density at radius 3 is 2.54 bits per heavy atom. The summed E-state index contributed by atoms with van der Waals surface area (Å²) in [6, 6.07) is 7.36. The van der Waals surface area contributed by atoms with Gasteiger partial charge in [0.05, 0.1) is 17.3 Å². The van der Waals surface area contributed by atoms with Gasteiger partial charge in [-0.1, -0.05) is 0 Å². The van der Waals surface area contributed by atoms with Crippen molar-refractivity contribution in [1.82, 2.24) is 4.98 Å². The summed E-state index contributed by atoms with van der Waals surface area (Å²) in [6.07, 6.45) is 4.78. The molecule has 130 valence electrons. The smallest absolute Gasteiger partial charge is 0.369 e. The largest absolute Gasteiger partial charge is 0.617 e. The van der Waals surface area contributed by atoms with Crippen molar-refractivity contribution in [2.24, 2.45) is 0 Å². The molecule has 7 nitrogen and oxygen atoms in total. The van der Waals surface area contributed by atoms with E-state index in [1.165, 1.54) is 18.5 Å². The zero-order chi connectivity index (χ0) is 18.3. The van der Waals surface area contributed by atoms with Crippen molar-refractivity contribution in [3.8, 4) is 17.3 Å². The van der Waals surface area contributed by atoms with Gasteiger partial charge in [0.25, 0.3) is 11.0 Å². The van der Waals surface area contributed by atoms with Gasteiger partial charge in [-0.2, -0.15) is 9.99 Å². The lowest BCUT2D eigenvalue weighted by molar-refractivity contribution is -0.622. The second-order valence-electron chi connectivity index (χ2n) is 6.13. The highest BCUT2D eigenvalue weighted by atomic mass is 19.1. The summed E-state index contributed by atoms with van der Waals surface area (Å²) in [4.78, 5) is 5.76. The van der Waals surface area contributed by atoms with Crippen molar-refractivity contribution in [2.75, 3.05) is 18.0 Å². The SMILES string of the molecule is N#Cc1c(-c2cccnc2)[n+]([O-])c2cc(F)c(N3CCCC3)cc2[n+]1[O-]. The van der Waals surface area contributed by atoms with E-state index in [-0.39, 0.29) is 28.1 Å². The lowest BCUT2D eigenvalue weighted by Crippen LogP contribution is -2.43. The van der Waals surface area contributed by atoms with Gasteiger partial charge >= 0.3 is 11.4 Å². The van der Waals surface area contributed by atoms with Crippen LogP contribution in [0.25, 0.3) is 22.3 Å². The van der Waals surface area contributed by atoms with E-state index >= 15 is 0 Å². The zero-order valence-corrected chi connectivity index (χ0v) is 13.7. The van der Waals surface area contributed by atoms with E-state index in [0.717, 1.165) is 18.9 Å². The first kappa shape index (κ1) is 16.0. The summed E-state index contributed by atoms with van der Waals surface area (Å²) in [5.41, 5.74) is -0.0612. The summed E-state index contributed by atoms with van der Waals surface area (Å²) in [5, 5.41) is 35.1. The number of rotatable bonds is 2. The lowest BCUT2D eigenvalue weighted by atomic mass is 10.1. The van der Waals surface area contributed by atoms with Crippen molar-refractivity contribution in [2.45, 2.75) is 12.8 Å². The van der Waals surface area contributed by atoms with Gasteiger partial charge in [-0.15, -0.1) is 4.73 Å². The van der Waals surface area contributed by atoms with Crippen molar-refractivity contribution in [3.05, 3.63) is 58.6 Å². The highest BCUT2D eigenvalue weighted by Crippen LogP contribution is 2.28. The Bertz CT molecular complexity index is 1040. The van der Waals surface area contributed by atoms with Crippen LogP contribution in [0.15, 0.2) is 36.7 Å². The third-order valence-corrected chi connectivity index (χ3v) is 4.60. The number of nitrogens with zero attached hydrogens (tertiary/aromatic N) is 5. The first-order chi connectivity index (χ1) is 12.6. The Morgan fingerprint density at radius 2 is 1.88 bits per heavy atom. The van der Waals surface area contributed by atoms with Crippen LogP contribution >= 0.6 is 0 Å². The van der Waals surface area contributed by atoms with Crippen LogP contribution in [0, 0.1) is 27.6 Å². The number of halogens is 1. The van der Waals surface area contributed by atoms with Crippen molar-refractivity contribution in [1.29, 1.82) is 5.26 Å². The molecular weight excluding hydrogens is 337 g/mol. The molecule has 4 rings (SSSR count). The van der Waals surface area contributed by atoms with Crippen LogP contribution in [-0.4, -0.2) is 18.1 Å².